The Morgan fingerprint density at radius 2 is 2.11 bits per heavy atom. The normalized spacial score (nSPS) is 31.9. The molecule has 0 aromatic heterocycles. The maximum absolute atomic E-state index is 12.1. The lowest BCUT2D eigenvalue weighted by molar-refractivity contribution is -0.126. The third-order valence-electron chi connectivity index (χ3n) is 4.72. The molecule has 0 radical (unpaired) electrons. The second-order valence-electron chi connectivity index (χ2n) is 5.78. The average Bonchev–Trinajstić information content (AvgIpc) is 2.99. The van der Waals surface area contributed by atoms with Crippen molar-refractivity contribution in [3.05, 3.63) is 0 Å². The van der Waals surface area contributed by atoms with E-state index in [1.165, 1.54) is 6.42 Å². The molecule has 104 valence electrons. The molecule has 18 heavy (non-hydrogen) atoms. The van der Waals surface area contributed by atoms with Gasteiger partial charge in [0.15, 0.2) is 0 Å². The maximum Gasteiger partial charge on any atom is 0.224 e. The molecule has 0 aliphatic carbocycles. The fraction of sp³-hybridized carbons (Fsp3) is 0.929. The summed E-state index contributed by atoms with van der Waals surface area (Å²) in [5.41, 5.74) is 0. The Bertz CT molecular complexity index is 292. The minimum Gasteiger partial charge on any atom is -0.391 e. The number of aliphatic hydroxyl groups excluding tert-OH is 1. The molecule has 2 saturated heterocycles. The molecule has 2 fully saturated rings. The van der Waals surface area contributed by atoms with Crippen molar-refractivity contribution in [1.29, 1.82) is 0 Å². The number of carbonyl (C=O) groups excluding carboxylic acids is 1. The van der Waals surface area contributed by atoms with Gasteiger partial charge in [0.2, 0.25) is 5.91 Å². The van der Waals surface area contributed by atoms with Gasteiger partial charge in [0.05, 0.1) is 12.0 Å². The SMILES string of the molecule is CCC(CC)C(O)CNC(=O)C1CC2CCC1N2. The van der Waals surface area contributed by atoms with Gasteiger partial charge in [0.25, 0.3) is 0 Å². The van der Waals surface area contributed by atoms with Crippen LogP contribution in [0.3, 0.4) is 0 Å². The highest BCUT2D eigenvalue weighted by Crippen LogP contribution is 2.33. The fourth-order valence-corrected chi connectivity index (χ4v) is 3.45. The first kappa shape index (κ1) is 13.8. The summed E-state index contributed by atoms with van der Waals surface area (Å²) in [6.07, 6.45) is 4.82. The summed E-state index contributed by atoms with van der Waals surface area (Å²) in [7, 11) is 0. The topological polar surface area (TPSA) is 61.4 Å². The van der Waals surface area contributed by atoms with Gasteiger partial charge < -0.3 is 15.7 Å². The van der Waals surface area contributed by atoms with E-state index in [0.717, 1.165) is 25.7 Å². The number of rotatable bonds is 6. The zero-order valence-electron chi connectivity index (χ0n) is 11.5. The minimum atomic E-state index is -0.407. The molecule has 0 saturated carbocycles. The summed E-state index contributed by atoms with van der Waals surface area (Å²) < 4.78 is 0. The molecule has 3 N–H and O–H groups in total. The van der Waals surface area contributed by atoms with Gasteiger partial charge in [-0.05, 0) is 25.2 Å². The van der Waals surface area contributed by atoms with E-state index in [4.69, 9.17) is 0 Å². The second kappa shape index (κ2) is 6.02. The van der Waals surface area contributed by atoms with Crippen LogP contribution in [0.5, 0.6) is 0 Å². The van der Waals surface area contributed by atoms with Gasteiger partial charge in [-0.3, -0.25) is 4.79 Å². The van der Waals surface area contributed by atoms with Crippen molar-refractivity contribution in [2.45, 2.75) is 64.1 Å². The van der Waals surface area contributed by atoms with Crippen LogP contribution in [0.1, 0.15) is 46.0 Å². The van der Waals surface area contributed by atoms with Crippen LogP contribution >= 0.6 is 0 Å². The molecule has 2 rings (SSSR count). The highest BCUT2D eigenvalue weighted by molar-refractivity contribution is 5.80. The highest BCUT2D eigenvalue weighted by Gasteiger charge is 2.42. The van der Waals surface area contributed by atoms with Crippen LogP contribution in [0.4, 0.5) is 0 Å². The van der Waals surface area contributed by atoms with Crippen molar-refractivity contribution in [2.75, 3.05) is 6.54 Å². The molecular weight excluding hydrogens is 228 g/mol. The molecule has 0 aromatic rings. The number of hydrogen-bond acceptors (Lipinski definition) is 3. The highest BCUT2D eigenvalue weighted by atomic mass is 16.3. The number of aliphatic hydroxyl groups is 1. The lowest BCUT2D eigenvalue weighted by Gasteiger charge is -2.23. The zero-order valence-corrected chi connectivity index (χ0v) is 11.5. The molecule has 2 aliphatic heterocycles. The minimum absolute atomic E-state index is 0.123. The Labute approximate surface area is 110 Å². The number of hydrogen-bond donors (Lipinski definition) is 3. The number of fused-ring (bicyclic) bond motifs is 2. The summed E-state index contributed by atoms with van der Waals surface area (Å²) >= 11 is 0. The monoisotopic (exact) mass is 254 g/mol. The molecule has 4 heteroatoms. The van der Waals surface area contributed by atoms with E-state index >= 15 is 0 Å². The van der Waals surface area contributed by atoms with Crippen LogP contribution < -0.4 is 10.6 Å². The Hall–Kier alpha value is -0.610. The van der Waals surface area contributed by atoms with Crippen LogP contribution in [-0.2, 0) is 4.79 Å². The molecule has 4 unspecified atom stereocenters. The fourth-order valence-electron chi connectivity index (χ4n) is 3.45. The van der Waals surface area contributed by atoms with Crippen molar-refractivity contribution >= 4 is 5.91 Å². The van der Waals surface area contributed by atoms with Crippen LogP contribution in [0, 0.1) is 11.8 Å². The first-order valence-electron chi connectivity index (χ1n) is 7.37. The van der Waals surface area contributed by atoms with E-state index in [9.17, 15) is 9.90 Å². The Balaban J connectivity index is 1.75. The van der Waals surface area contributed by atoms with Crippen molar-refractivity contribution < 1.29 is 9.90 Å². The van der Waals surface area contributed by atoms with E-state index in [0.29, 0.717) is 24.5 Å². The zero-order chi connectivity index (χ0) is 13.1. The Kier molecular flexibility index (Phi) is 4.62. The molecule has 2 aliphatic rings. The van der Waals surface area contributed by atoms with Gasteiger partial charge in [-0.1, -0.05) is 26.7 Å². The Morgan fingerprint density at radius 3 is 2.61 bits per heavy atom. The van der Waals surface area contributed by atoms with E-state index in [-0.39, 0.29) is 11.8 Å². The van der Waals surface area contributed by atoms with Crippen molar-refractivity contribution in [3.8, 4) is 0 Å². The van der Waals surface area contributed by atoms with Crippen molar-refractivity contribution in [1.82, 2.24) is 10.6 Å². The second-order valence-corrected chi connectivity index (χ2v) is 5.78. The van der Waals surface area contributed by atoms with Gasteiger partial charge in [0.1, 0.15) is 0 Å². The molecule has 0 aromatic carbocycles. The van der Waals surface area contributed by atoms with E-state index < -0.39 is 6.10 Å². The lowest BCUT2D eigenvalue weighted by Crippen LogP contribution is -2.42. The molecule has 2 bridgehead atoms. The molecule has 0 spiro atoms. The summed E-state index contributed by atoms with van der Waals surface area (Å²) in [4.78, 5) is 12.1. The first-order chi connectivity index (χ1) is 8.65. The quantitative estimate of drug-likeness (QED) is 0.664. The molecular formula is C14H26N2O2. The predicted molar refractivity (Wildman–Crippen MR) is 71.1 cm³/mol. The first-order valence-corrected chi connectivity index (χ1v) is 7.37. The van der Waals surface area contributed by atoms with Crippen LogP contribution in [-0.4, -0.2) is 35.7 Å². The molecule has 1 amide bonds. The summed E-state index contributed by atoms with van der Waals surface area (Å²) in [5, 5.41) is 16.4. The summed E-state index contributed by atoms with van der Waals surface area (Å²) in [5.74, 6) is 0.542. The summed E-state index contributed by atoms with van der Waals surface area (Å²) in [6, 6.07) is 0.926. The Morgan fingerprint density at radius 1 is 1.39 bits per heavy atom. The van der Waals surface area contributed by atoms with Crippen molar-refractivity contribution in [3.63, 3.8) is 0 Å². The van der Waals surface area contributed by atoms with Gasteiger partial charge in [-0.25, -0.2) is 0 Å². The number of amides is 1. The van der Waals surface area contributed by atoms with Crippen LogP contribution in [0.25, 0.3) is 0 Å². The van der Waals surface area contributed by atoms with E-state index in [1.54, 1.807) is 0 Å². The summed E-state index contributed by atoms with van der Waals surface area (Å²) in [6.45, 7) is 4.57. The molecule has 4 atom stereocenters. The van der Waals surface area contributed by atoms with Gasteiger partial charge in [-0.15, -0.1) is 0 Å². The number of nitrogens with one attached hydrogen (secondary N) is 2. The number of carbonyl (C=O) groups is 1. The molecule has 2 heterocycles. The third-order valence-corrected chi connectivity index (χ3v) is 4.72. The van der Waals surface area contributed by atoms with Crippen molar-refractivity contribution in [2.24, 2.45) is 11.8 Å². The van der Waals surface area contributed by atoms with E-state index in [2.05, 4.69) is 24.5 Å². The maximum atomic E-state index is 12.1. The lowest BCUT2D eigenvalue weighted by atomic mass is 9.88. The predicted octanol–water partition coefficient (Wildman–Crippen LogP) is 1.04. The smallest absolute Gasteiger partial charge is 0.224 e. The average molecular weight is 254 g/mol. The van der Waals surface area contributed by atoms with Crippen LogP contribution in [0.15, 0.2) is 0 Å². The van der Waals surface area contributed by atoms with Crippen LogP contribution in [0.2, 0.25) is 0 Å². The third kappa shape index (κ3) is 2.86. The molecule has 4 nitrogen and oxygen atoms in total. The van der Waals surface area contributed by atoms with Gasteiger partial charge in [0, 0.05) is 18.6 Å². The van der Waals surface area contributed by atoms with Gasteiger partial charge >= 0.3 is 0 Å². The van der Waals surface area contributed by atoms with E-state index in [1.807, 2.05) is 0 Å². The largest absolute Gasteiger partial charge is 0.391 e. The standard InChI is InChI=1S/C14H26N2O2/c1-3-9(4-2)13(17)8-15-14(18)11-7-10-5-6-12(11)16-10/h9-13,16-17H,3-8H2,1-2H3,(H,15,18). The van der Waals surface area contributed by atoms with Gasteiger partial charge in [-0.2, -0.15) is 0 Å².